The number of anilines is 2. The van der Waals surface area contributed by atoms with Crippen LogP contribution in [0.15, 0.2) is 48.4 Å². The van der Waals surface area contributed by atoms with Gasteiger partial charge in [-0.05, 0) is 68.6 Å². The van der Waals surface area contributed by atoms with E-state index in [1.165, 1.54) is 18.0 Å². The van der Waals surface area contributed by atoms with E-state index in [0.29, 0.717) is 36.0 Å². The van der Waals surface area contributed by atoms with Gasteiger partial charge in [0, 0.05) is 30.2 Å². The lowest BCUT2D eigenvalue weighted by atomic mass is 9.93. The Labute approximate surface area is 209 Å². The smallest absolute Gasteiger partial charge is 0.239 e. The number of aryl methyl sites for hydroxylation is 1. The summed E-state index contributed by atoms with van der Waals surface area (Å²) in [6, 6.07) is 8.62. The van der Waals surface area contributed by atoms with E-state index in [4.69, 9.17) is 9.47 Å². The largest absolute Gasteiger partial charge is 0.493 e. The highest BCUT2D eigenvalue weighted by Gasteiger charge is 2.22. The normalized spacial score (nSPS) is 18.1. The second-order valence-electron chi connectivity index (χ2n) is 9.26. The van der Waals surface area contributed by atoms with E-state index in [1.54, 1.807) is 26.2 Å². The van der Waals surface area contributed by atoms with E-state index in [9.17, 15) is 9.18 Å². The number of nitrogens with zero attached hydrogens (tertiary/aromatic N) is 3. The van der Waals surface area contributed by atoms with Crippen LogP contribution in [0.5, 0.6) is 11.5 Å². The quantitative estimate of drug-likeness (QED) is 0.526. The minimum atomic E-state index is -0.250. The van der Waals surface area contributed by atoms with Crippen LogP contribution in [0.3, 0.4) is 0 Å². The molecular formula is C27H30FN5O3. The van der Waals surface area contributed by atoms with Crippen LogP contribution in [0, 0.1) is 12.7 Å². The van der Waals surface area contributed by atoms with Gasteiger partial charge < -0.3 is 25.0 Å². The van der Waals surface area contributed by atoms with E-state index >= 15 is 0 Å². The summed E-state index contributed by atoms with van der Waals surface area (Å²) >= 11 is 0. The molecule has 5 rings (SSSR count). The molecule has 0 atom stereocenters. The van der Waals surface area contributed by atoms with E-state index in [-0.39, 0.29) is 17.8 Å². The lowest BCUT2D eigenvalue weighted by Gasteiger charge is -2.29. The van der Waals surface area contributed by atoms with E-state index in [1.807, 2.05) is 12.1 Å². The van der Waals surface area contributed by atoms with Gasteiger partial charge in [0.15, 0.2) is 11.5 Å². The molecule has 188 valence electrons. The Morgan fingerprint density at radius 3 is 2.75 bits per heavy atom. The summed E-state index contributed by atoms with van der Waals surface area (Å²) in [4.78, 5) is 22.5. The van der Waals surface area contributed by atoms with Crippen molar-refractivity contribution in [3.05, 3.63) is 59.8 Å². The molecule has 1 saturated carbocycles. The molecule has 1 saturated heterocycles. The van der Waals surface area contributed by atoms with Crippen LogP contribution in [-0.4, -0.2) is 53.6 Å². The number of rotatable bonds is 6. The van der Waals surface area contributed by atoms with Gasteiger partial charge in [-0.1, -0.05) is 5.57 Å². The molecule has 0 spiro atoms. The first-order valence-corrected chi connectivity index (χ1v) is 12.2. The van der Waals surface area contributed by atoms with Crippen LogP contribution >= 0.6 is 0 Å². The van der Waals surface area contributed by atoms with Crippen molar-refractivity contribution in [3.63, 3.8) is 0 Å². The number of hydrogen-bond donors (Lipinski definition) is 2. The molecule has 1 aliphatic carbocycles. The fourth-order valence-corrected chi connectivity index (χ4v) is 4.69. The van der Waals surface area contributed by atoms with Crippen molar-refractivity contribution < 1.29 is 18.7 Å². The van der Waals surface area contributed by atoms with E-state index in [0.717, 1.165) is 48.8 Å². The standard InChI is InChI=1S/C27H30FN5O3/c1-17-11-19(5-8-22(17)28)32-27-21-12-25(24(35-2)13-23(21)30-16-31-27)36-20-6-3-18(4-7-20)14-33-10-9-29-26(34)15-33/h5,8,11-14,16,20H,3-4,6-7,9-10,15H2,1-2H3,(H,29,34)(H,30,31,32). The second-order valence-corrected chi connectivity index (χ2v) is 9.26. The maximum Gasteiger partial charge on any atom is 0.239 e. The van der Waals surface area contributed by atoms with Gasteiger partial charge >= 0.3 is 0 Å². The number of fused-ring (bicyclic) bond motifs is 1. The fourth-order valence-electron chi connectivity index (χ4n) is 4.69. The number of benzene rings is 2. The zero-order valence-corrected chi connectivity index (χ0v) is 20.5. The number of halogens is 1. The van der Waals surface area contributed by atoms with Gasteiger partial charge in [-0.15, -0.1) is 0 Å². The number of hydrogen-bond acceptors (Lipinski definition) is 7. The zero-order chi connectivity index (χ0) is 25.1. The zero-order valence-electron chi connectivity index (χ0n) is 20.5. The van der Waals surface area contributed by atoms with Gasteiger partial charge in [0.1, 0.15) is 18.0 Å². The molecule has 2 heterocycles. The number of amides is 1. The Kier molecular flexibility index (Phi) is 6.88. The molecule has 2 N–H and O–H groups in total. The third-order valence-electron chi connectivity index (χ3n) is 6.64. The number of carbonyl (C=O) groups excluding carboxylic acids is 1. The summed E-state index contributed by atoms with van der Waals surface area (Å²) in [5, 5.41) is 6.92. The molecule has 1 aromatic heterocycles. The van der Waals surface area contributed by atoms with Crippen molar-refractivity contribution >= 4 is 28.3 Å². The molecular weight excluding hydrogens is 461 g/mol. The maximum atomic E-state index is 13.7. The molecule has 2 aromatic carbocycles. The van der Waals surface area contributed by atoms with Gasteiger partial charge in [0.2, 0.25) is 5.91 Å². The highest BCUT2D eigenvalue weighted by Crippen LogP contribution is 2.37. The number of carbonyl (C=O) groups is 1. The van der Waals surface area contributed by atoms with Crippen molar-refractivity contribution in [3.8, 4) is 11.5 Å². The van der Waals surface area contributed by atoms with E-state index in [2.05, 4.69) is 31.7 Å². The number of ether oxygens (including phenoxy) is 2. The van der Waals surface area contributed by atoms with Crippen molar-refractivity contribution in [2.75, 3.05) is 32.1 Å². The first kappa shape index (κ1) is 23.8. The summed E-state index contributed by atoms with van der Waals surface area (Å²) in [6.45, 7) is 3.69. The number of methoxy groups -OCH3 is 1. The summed E-state index contributed by atoms with van der Waals surface area (Å²) in [6.07, 6.45) is 7.33. The lowest BCUT2D eigenvalue weighted by molar-refractivity contribution is -0.123. The highest BCUT2D eigenvalue weighted by molar-refractivity contribution is 5.93. The minimum absolute atomic E-state index is 0.0546. The Bertz CT molecular complexity index is 1300. The summed E-state index contributed by atoms with van der Waals surface area (Å²) in [5.74, 6) is 1.69. The van der Waals surface area contributed by atoms with Crippen LogP contribution in [0.25, 0.3) is 10.9 Å². The van der Waals surface area contributed by atoms with Gasteiger partial charge in [-0.3, -0.25) is 4.79 Å². The molecule has 2 fully saturated rings. The van der Waals surface area contributed by atoms with Crippen LogP contribution in [0.2, 0.25) is 0 Å². The Hall–Kier alpha value is -3.88. The van der Waals surface area contributed by atoms with Crippen molar-refractivity contribution in [1.82, 2.24) is 20.2 Å². The third-order valence-corrected chi connectivity index (χ3v) is 6.64. The average Bonchev–Trinajstić information content (AvgIpc) is 2.87. The summed E-state index contributed by atoms with van der Waals surface area (Å²) < 4.78 is 25.7. The molecule has 9 heteroatoms. The average molecular weight is 492 g/mol. The Balaban J connectivity index is 1.32. The molecule has 2 aliphatic rings. The molecule has 0 radical (unpaired) electrons. The number of aromatic nitrogens is 2. The SMILES string of the molecule is COc1cc2ncnc(Nc3ccc(F)c(C)c3)c2cc1OC1CCC(=CN2CCNC(=O)C2)CC1. The minimum Gasteiger partial charge on any atom is -0.493 e. The molecule has 1 amide bonds. The molecule has 8 nitrogen and oxygen atoms in total. The summed E-state index contributed by atoms with van der Waals surface area (Å²) in [5.41, 5.74) is 3.36. The predicted molar refractivity (Wildman–Crippen MR) is 136 cm³/mol. The molecule has 0 unspecified atom stereocenters. The Morgan fingerprint density at radius 1 is 1.17 bits per heavy atom. The van der Waals surface area contributed by atoms with Crippen LogP contribution in [0.1, 0.15) is 31.2 Å². The maximum absolute atomic E-state index is 13.7. The molecule has 0 bridgehead atoms. The van der Waals surface area contributed by atoms with Crippen LogP contribution in [0.4, 0.5) is 15.9 Å². The van der Waals surface area contributed by atoms with Gasteiger partial charge in [-0.2, -0.15) is 0 Å². The topological polar surface area (TPSA) is 88.6 Å². The van der Waals surface area contributed by atoms with E-state index < -0.39 is 0 Å². The monoisotopic (exact) mass is 491 g/mol. The third kappa shape index (κ3) is 5.35. The fraction of sp³-hybridized carbons (Fsp3) is 0.370. The van der Waals surface area contributed by atoms with Gasteiger partial charge in [0.05, 0.1) is 25.3 Å². The predicted octanol–water partition coefficient (Wildman–Crippen LogP) is 4.47. The first-order valence-electron chi connectivity index (χ1n) is 12.2. The molecule has 36 heavy (non-hydrogen) atoms. The van der Waals surface area contributed by atoms with Crippen molar-refractivity contribution in [1.29, 1.82) is 0 Å². The van der Waals surface area contributed by atoms with Crippen LogP contribution < -0.4 is 20.1 Å². The number of nitrogens with one attached hydrogen (secondary N) is 2. The van der Waals surface area contributed by atoms with Gasteiger partial charge in [-0.25, -0.2) is 14.4 Å². The molecule has 1 aliphatic heterocycles. The van der Waals surface area contributed by atoms with Crippen molar-refractivity contribution in [2.45, 2.75) is 38.7 Å². The van der Waals surface area contributed by atoms with Gasteiger partial charge in [0.25, 0.3) is 0 Å². The molecule has 3 aromatic rings. The Morgan fingerprint density at radius 2 is 2.00 bits per heavy atom. The lowest BCUT2D eigenvalue weighted by Crippen LogP contribution is -2.45. The van der Waals surface area contributed by atoms with Crippen molar-refractivity contribution in [2.24, 2.45) is 0 Å². The summed E-state index contributed by atoms with van der Waals surface area (Å²) in [7, 11) is 1.62. The first-order chi connectivity index (χ1) is 17.5. The highest BCUT2D eigenvalue weighted by atomic mass is 19.1. The number of piperazine rings is 1. The van der Waals surface area contributed by atoms with Crippen LogP contribution in [-0.2, 0) is 4.79 Å². The second kappa shape index (κ2) is 10.4. The number of allylic oxidation sites excluding steroid dienone is 1.